The lowest BCUT2D eigenvalue weighted by molar-refractivity contribution is 0.553. The van der Waals surface area contributed by atoms with Gasteiger partial charge in [0.1, 0.15) is 0 Å². The van der Waals surface area contributed by atoms with Crippen molar-refractivity contribution in [1.82, 2.24) is 0 Å². The van der Waals surface area contributed by atoms with E-state index in [4.69, 9.17) is 0 Å². The zero-order chi connectivity index (χ0) is 35.8. The molecule has 10 aromatic rings. The summed E-state index contributed by atoms with van der Waals surface area (Å²) in [5.41, 5.74) is 7.28. The highest BCUT2D eigenvalue weighted by molar-refractivity contribution is 7.26. The van der Waals surface area contributed by atoms with Gasteiger partial charge in [-0.25, -0.2) is 0 Å². The number of nitrogens with zero attached hydrogens (tertiary/aromatic N) is 2. The normalized spacial score (nSPS) is 15.4. The second kappa shape index (κ2) is 12.7. The number of benzene rings is 7. The molecule has 0 bridgehead atoms. The van der Waals surface area contributed by atoms with E-state index in [9.17, 15) is 0 Å². The molecule has 2 nitrogen and oxygen atoms in total. The van der Waals surface area contributed by atoms with E-state index in [2.05, 4.69) is 193 Å². The molecule has 3 heterocycles. The molecule has 0 fully saturated rings. The molecule has 0 radical (unpaired) electrons. The van der Waals surface area contributed by atoms with Gasteiger partial charge >= 0.3 is 0 Å². The quantitative estimate of drug-likeness (QED) is 0.167. The van der Waals surface area contributed by atoms with Crippen molar-refractivity contribution in [1.29, 1.82) is 0 Å². The number of anilines is 5. The van der Waals surface area contributed by atoms with Gasteiger partial charge in [-0.05, 0) is 103 Å². The molecule has 0 saturated carbocycles. The summed E-state index contributed by atoms with van der Waals surface area (Å²) in [6.07, 6.45) is 4.78. The maximum Gasteiger partial charge on any atom is 0.0671 e. The van der Waals surface area contributed by atoms with Crippen LogP contribution < -0.4 is 9.80 Å². The SMILES string of the molecule is CC1C=Cc2sc3ccc(N(c4ccccc4)c4ccc5sc6ccccc6c5c4)cc3c2C1N(c1ccccc1)c1ccc2sc3ccccc3c2c1. The van der Waals surface area contributed by atoms with Crippen molar-refractivity contribution in [3.05, 3.63) is 180 Å². The van der Waals surface area contributed by atoms with Gasteiger partial charge in [-0.3, -0.25) is 0 Å². The largest absolute Gasteiger partial charge is 0.333 e. The molecule has 2 atom stereocenters. The molecule has 54 heavy (non-hydrogen) atoms. The Hall–Kier alpha value is -5.72. The summed E-state index contributed by atoms with van der Waals surface area (Å²) in [6.45, 7) is 2.38. The van der Waals surface area contributed by atoms with Crippen LogP contribution in [0.4, 0.5) is 28.4 Å². The van der Waals surface area contributed by atoms with Crippen LogP contribution in [0.3, 0.4) is 0 Å². The van der Waals surface area contributed by atoms with Gasteiger partial charge in [0, 0.05) is 89.3 Å². The van der Waals surface area contributed by atoms with Crippen LogP contribution in [0.1, 0.15) is 23.4 Å². The van der Waals surface area contributed by atoms with Gasteiger partial charge in [0.15, 0.2) is 0 Å². The maximum atomic E-state index is 2.60. The van der Waals surface area contributed by atoms with Crippen molar-refractivity contribution in [2.24, 2.45) is 5.92 Å². The average molecular weight is 747 g/mol. The third kappa shape index (κ3) is 5.11. The van der Waals surface area contributed by atoms with Crippen molar-refractivity contribution in [2.45, 2.75) is 13.0 Å². The van der Waals surface area contributed by atoms with E-state index >= 15 is 0 Å². The summed E-state index contributed by atoms with van der Waals surface area (Å²) >= 11 is 5.65. The summed E-state index contributed by atoms with van der Waals surface area (Å²) in [6, 6.07) is 60.6. The fourth-order valence-electron chi connectivity index (χ4n) is 8.46. The van der Waals surface area contributed by atoms with Crippen molar-refractivity contribution in [3.8, 4) is 0 Å². The van der Waals surface area contributed by atoms with Crippen LogP contribution in [-0.4, -0.2) is 0 Å². The highest BCUT2D eigenvalue weighted by Gasteiger charge is 2.34. The van der Waals surface area contributed by atoms with E-state index in [0.717, 1.165) is 17.1 Å². The highest BCUT2D eigenvalue weighted by atomic mass is 32.1. The Kier molecular flexibility index (Phi) is 7.48. The van der Waals surface area contributed by atoms with Crippen molar-refractivity contribution >= 4 is 119 Å². The van der Waals surface area contributed by atoms with Crippen LogP contribution in [0.25, 0.3) is 56.5 Å². The first-order valence-electron chi connectivity index (χ1n) is 18.4. The van der Waals surface area contributed by atoms with Gasteiger partial charge in [-0.2, -0.15) is 0 Å². The van der Waals surface area contributed by atoms with Gasteiger partial charge in [0.2, 0.25) is 0 Å². The van der Waals surface area contributed by atoms with Gasteiger partial charge < -0.3 is 9.80 Å². The highest BCUT2D eigenvalue weighted by Crippen LogP contribution is 2.51. The van der Waals surface area contributed by atoms with Crippen LogP contribution in [0.2, 0.25) is 0 Å². The number of hydrogen-bond acceptors (Lipinski definition) is 5. The van der Waals surface area contributed by atoms with Crippen LogP contribution in [0.5, 0.6) is 0 Å². The summed E-state index contributed by atoms with van der Waals surface area (Å²) in [4.78, 5) is 6.37. The third-order valence-electron chi connectivity index (χ3n) is 10.9. The second-order valence-electron chi connectivity index (χ2n) is 14.2. The predicted molar refractivity (Wildman–Crippen MR) is 238 cm³/mol. The first-order valence-corrected chi connectivity index (χ1v) is 20.9. The number of thiophene rings is 3. The molecule has 1 aliphatic carbocycles. The third-order valence-corrected chi connectivity index (χ3v) is 14.4. The topological polar surface area (TPSA) is 6.48 Å². The molecule has 5 heteroatoms. The number of fused-ring (bicyclic) bond motifs is 9. The summed E-state index contributed by atoms with van der Waals surface area (Å²) in [7, 11) is 0. The Morgan fingerprint density at radius 2 is 0.889 bits per heavy atom. The van der Waals surface area contributed by atoms with Crippen LogP contribution in [0.15, 0.2) is 170 Å². The molecule has 0 spiro atoms. The van der Waals surface area contributed by atoms with Crippen LogP contribution in [0, 0.1) is 5.92 Å². The smallest absolute Gasteiger partial charge is 0.0671 e. The predicted octanol–water partition coefficient (Wildman–Crippen LogP) is 15.6. The Labute approximate surface area is 326 Å². The zero-order valence-corrected chi connectivity index (χ0v) is 32.0. The van der Waals surface area contributed by atoms with E-state index in [1.807, 2.05) is 34.0 Å². The minimum atomic E-state index is 0.0949. The van der Waals surface area contributed by atoms with Gasteiger partial charge in [-0.1, -0.05) is 85.8 Å². The summed E-state index contributed by atoms with van der Waals surface area (Å²) in [5, 5.41) is 6.58. The molecular formula is C49H34N2S3. The second-order valence-corrected chi connectivity index (χ2v) is 17.4. The molecule has 2 unspecified atom stereocenters. The van der Waals surface area contributed by atoms with Gasteiger partial charge in [0.05, 0.1) is 6.04 Å². The Morgan fingerprint density at radius 1 is 0.407 bits per heavy atom. The monoisotopic (exact) mass is 746 g/mol. The Morgan fingerprint density at radius 3 is 1.52 bits per heavy atom. The molecule has 0 aliphatic heterocycles. The first-order chi connectivity index (χ1) is 26.7. The zero-order valence-electron chi connectivity index (χ0n) is 29.5. The number of hydrogen-bond donors (Lipinski definition) is 0. The molecule has 0 N–H and O–H groups in total. The Bertz CT molecular complexity index is 3040. The lowest BCUT2D eigenvalue weighted by Gasteiger charge is -2.39. The molecule has 7 aromatic carbocycles. The molecule has 11 rings (SSSR count). The van der Waals surface area contributed by atoms with E-state index in [0.29, 0.717) is 0 Å². The van der Waals surface area contributed by atoms with E-state index in [1.54, 1.807) is 0 Å². The molecule has 258 valence electrons. The van der Waals surface area contributed by atoms with Crippen molar-refractivity contribution in [2.75, 3.05) is 9.80 Å². The first kappa shape index (κ1) is 31.8. The van der Waals surface area contributed by atoms with Gasteiger partial charge in [-0.15, -0.1) is 34.0 Å². The maximum absolute atomic E-state index is 2.60. The van der Waals surface area contributed by atoms with E-state index < -0.39 is 0 Å². The fourth-order valence-corrected chi connectivity index (χ4v) is 11.8. The minimum absolute atomic E-state index is 0.0949. The van der Waals surface area contributed by atoms with Crippen molar-refractivity contribution in [3.63, 3.8) is 0 Å². The Balaban J connectivity index is 1.11. The molecule has 1 aliphatic rings. The molecule has 0 amide bonds. The standard InChI is InChI=1S/C49H34N2S3/c1-31-20-24-47-48(49(31)51(33-14-6-3-7-15-33)36-23-26-45-40(29-36)38-17-9-11-19-43(38)53-45)41-30-35(22-27-46(41)54-47)50(32-12-4-2-5-13-32)34-21-25-44-39(28-34)37-16-8-10-18-42(37)52-44/h2-31,49H,1H3. The summed E-state index contributed by atoms with van der Waals surface area (Å²) < 4.78 is 6.61. The van der Waals surface area contributed by atoms with Crippen LogP contribution in [-0.2, 0) is 0 Å². The summed E-state index contributed by atoms with van der Waals surface area (Å²) in [5.74, 6) is 0.272. The van der Waals surface area contributed by atoms with Crippen molar-refractivity contribution < 1.29 is 0 Å². The lowest BCUT2D eigenvalue weighted by atomic mass is 9.85. The fraction of sp³-hybridized carbons (Fsp3) is 0.0612. The van der Waals surface area contributed by atoms with Gasteiger partial charge in [0.25, 0.3) is 0 Å². The molecular weight excluding hydrogens is 713 g/mol. The van der Waals surface area contributed by atoms with Crippen LogP contribution >= 0.6 is 34.0 Å². The molecule has 3 aromatic heterocycles. The average Bonchev–Trinajstić information content (AvgIpc) is 3.91. The lowest BCUT2D eigenvalue weighted by Crippen LogP contribution is -2.30. The van der Waals surface area contributed by atoms with E-state index in [-0.39, 0.29) is 12.0 Å². The van der Waals surface area contributed by atoms with E-state index in [1.165, 1.54) is 72.2 Å². The minimum Gasteiger partial charge on any atom is -0.333 e. The number of para-hydroxylation sites is 2. The number of rotatable bonds is 6. The molecule has 0 saturated heterocycles.